The Hall–Kier alpha value is -4.82. The number of amides is 4. The number of urea groups is 2. The highest BCUT2D eigenvalue weighted by Gasteiger charge is 2.39. The summed E-state index contributed by atoms with van der Waals surface area (Å²) >= 11 is 0. The van der Waals surface area contributed by atoms with Gasteiger partial charge in [-0.15, -0.1) is 13.2 Å². The number of nitrogens with zero attached hydrogens (tertiary/aromatic N) is 1. The molecule has 4 amide bonds. The van der Waals surface area contributed by atoms with Crippen LogP contribution in [0, 0.1) is 0 Å². The second-order valence-electron chi connectivity index (χ2n) is 12.1. The third kappa shape index (κ3) is 51.7. The predicted molar refractivity (Wildman–Crippen MR) is 255 cm³/mol. The van der Waals surface area contributed by atoms with E-state index < -0.39 is 30.3 Å². The van der Waals surface area contributed by atoms with Crippen LogP contribution >= 0.6 is 0 Å². The number of hydrogen-bond donors (Lipinski definition) is 5. The first kappa shape index (κ1) is 69.2. The van der Waals surface area contributed by atoms with Gasteiger partial charge in [-0.2, -0.15) is 0 Å². The first-order valence-electron chi connectivity index (χ1n) is 21.2. The van der Waals surface area contributed by atoms with Crippen LogP contribution in [0.5, 0.6) is 0 Å². The Kier molecular flexibility index (Phi) is 55.2. The average Bonchev–Trinajstić information content (AvgIpc) is 3.27. The first-order chi connectivity index (χ1) is 30.9. The summed E-state index contributed by atoms with van der Waals surface area (Å²) in [6, 6.07) is 0.00287. The molecular weight excluding hydrogens is 885 g/mol. The zero-order valence-electron chi connectivity index (χ0n) is 40.4. The molecule has 21 nitrogen and oxygen atoms in total. The summed E-state index contributed by atoms with van der Waals surface area (Å²) in [6.07, 6.45) is 5.16. The Balaban J connectivity index is -0.000000254. The van der Waals surface area contributed by atoms with Crippen LogP contribution in [0.15, 0.2) is 66.8 Å². The summed E-state index contributed by atoms with van der Waals surface area (Å²) in [7, 11) is -4.39. The average molecular weight is 965 g/mol. The molecule has 0 unspecified atom stereocenters. The van der Waals surface area contributed by atoms with Gasteiger partial charge in [-0.1, -0.05) is 31.9 Å². The van der Waals surface area contributed by atoms with E-state index in [2.05, 4.69) is 63.9 Å². The maximum Gasteiger partial charge on any atom is 0.500 e. The third-order valence-electron chi connectivity index (χ3n) is 6.28. The van der Waals surface area contributed by atoms with Crippen molar-refractivity contribution in [2.45, 2.75) is 74.8 Å². The number of hydrogen-bond acceptors (Lipinski definition) is 17. The molecule has 0 spiro atoms. The second kappa shape index (κ2) is 51.8. The van der Waals surface area contributed by atoms with Crippen molar-refractivity contribution in [1.29, 1.82) is 0 Å². The van der Waals surface area contributed by atoms with E-state index in [0.29, 0.717) is 95.0 Å². The van der Waals surface area contributed by atoms with Crippen molar-refractivity contribution in [3.63, 3.8) is 0 Å². The molecule has 65 heavy (non-hydrogen) atoms. The molecular formula is C42H80N6O15Si2. The van der Waals surface area contributed by atoms with Gasteiger partial charge in [-0.25, -0.2) is 33.8 Å². The van der Waals surface area contributed by atoms with Crippen molar-refractivity contribution in [2.24, 2.45) is 10.7 Å². The van der Waals surface area contributed by atoms with Crippen molar-refractivity contribution in [3.8, 4) is 0 Å². The van der Waals surface area contributed by atoms with Gasteiger partial charge in [0.15, 0.2) is 0 Å². The lowest BCUT2D eigenvalue weighted by molar-refractivity contribution is -0.139. The summed E-state index contributed by atoms with van der Waals surface area (Å²) in [5.74, 6) is -1.30. The van der Waals surface area contributed by atoms with Crippen LogP contribution in [-0.2, 0) is 59.9 Å². The monoisotopic (exact) mass is 965 g/mol. The summed E-state index contributed by atoms with van der Waals surface area (Å²) in [4.78, 5) is 67.6. The van der Waals surface area contributed by atoms with Crippen molar-refractivity contribution >= 4 is 54.4 Å². The molecule has 0 aromatic carbocycles. The fraction of sp³-hybridized carbons (Fsp3) is 0.619. The lowest BCUT2D eigenvalue weighted by Gasteiger charge is -2.28. The SMILES string of the molecule is C=C(C)C(=O)OCCN.C=C(C)C(=O)OCCNC(=O)NCCC[Si](OCC)(OCC)OCC.C=CCN=C=O.C=CCNC(=O)NCCOC(=O)C(=C)C.CCO[SiH](OCC)OCC. The number of esters is 3. The highest BCUT2D eigenvalue weighted by atomic mass is 28.4. The summed E-state index contributed by atoms with van der Waals surface area (Å²) in [6.45, 7) is 39.6. The summed E-state index contributed by atoms with van der Waals surface area (Å²) in [5, 5.41) is 10.4. The molecule has 0 bridgehead atoms. The van der Waals surface area contributed by atoms with Gasteiger partial charge in [0.05, 0.1) is 19.6 Å². The quantitative estimate of drug-likeness (QED) is 0.00966. The van der Waals surface area contributed by atoms with E-state index >= 15 is 0 Å². The minimum Gasteiger partial charge on any atom is -0.461 e. The van der Waals surface area contributed by atoms with Gasteiger partial charge >= 0.3 is 48.3 Å². The number of rotatable bonds is 31. The Morgan fingerprint density at radius 1 is 0.615 bits per heavy atom. The fourth-order valence-corrected chi connectivity index (χ4v) is 7.31. The van der Waals surface area contributed by atoms with E-state index in [4.69, 9.17) is 41.8 Å². The number of carbonyl (C=O) groups is 5. The maximum atomic E-state index is 11.7. The molecule has 0 aromatic heterocycles. The minimum absolute atomic E-state index is 0.105. The molecule has 0 atom stereocenters. The fourth-order valence-electron chi connectivity index (χ4n) is 3.59. The largest absolute Gasteiger partial charge is 0.500 e. The zero-order valence-corrected chi connectivity index (χ0v) is 42.6. The molecule has 0 rings (SSSR count). The highest BCUT2D eigenvalue weighted by molar-refractivity contribution is 6.60. The molecule has 6 N–H and O–H groups in total. The van der Waals surface area contributed by atoms with Crippen LogP contribution in [0.2, 0.25) is 6.04 Å². The Morgan fingerprint density at radius 3 is 1.31 bits per heavy atom. The van der Waals surface area contributed by atoms with Crippen LogP contribution in [0.25, 0.3) is 0 Å². The van der Waals surface area contributed by atoms with Gasteiger partial charge < -0.3 is 67.8 Å². The van der Waals surface area contributed by atoms with E-state index in [1.807, 2.05) is 41.5 Å². The molecule has 0 aromatic rings. The number of carbonyl (C=O) groups excluding carboxylic acids is 6. The van der Waals surface area contributed by atoms with Gasteiger partial charge in [0.1, 0.15) is 19.8 Å². The molecule has 376 valence electrons. The van der Waals surface area contributed by atoms with Gasteiger partial charge in [0.2, 0.25) is 6.08 Å². The lowest BCUT2D eigenvalue weighted by atomic mass is 10.4. The zero-order chi connectivity index (χ0) is 50.7. The standard InChI is InChI=1S/C16H32N2O6Si.C10H16N2O3.C6H11NO2.C6H16O3Si.C4H5NO/c1-6-22-25(23-7-2,24-8-3)13-9-10-17-16(20)18-11-12-21-15(19)14(4)5;1-4-5-11-10(14)12-6-7-15-9(13)8(2)3;1-5(2)6(8)9-4-3-7;1-4-7-10(8-5-2)9-6-3;1-2-3-5-4-6/h4,6-13H2,1-3,5H3,(H2,17,18,20);4H,1-2,5-7H2,3H3,(H2,11,12,14);1,3-4,7H2,2H3;10H,4-6H2,1-3H3;2H,1,3H2. The van der Waals surface area contributed by atoms with Crippen molar-refractivity contribution in [1.82, 2.24) is 21.3 Å². The normalized spacial score (nSPS) is 9.71. The number of isocyanates is 1. The molecule has 0 aliphatic carbocycles. The number of nitrogens with two attached hydrogens (primary N) is 1. The minimum atomic E-state index is -2.66. The Bertz CT molecular complexity index is 1350. The molecule has 0 saturated heterocycles. The summed E-state index contributed by atoms with van der Waals surface area (Å²) < 4.78 is 47.1. The lowest BCUT2D eigenvalue weighted by Crippen LogP contribution is -2.46. The van der Waals surface area contributed by atoms with Crippen LogP contribution in [0.3, 0.4) is 0 Å². The van der Waals surface area contributed by atoms with Crippen molar-refractivity contribution < 1.29 is 69.5 Å². The number of ether oxygens (including phenoxy) is 3. The van der Waals surface area contributed by atoms with Crippen molar-refractivity contribution in [3.05, 3.63) is 61.8 Å². The summed E-state index contributed by atoms with van der Waals surface area (Å²) in [5.41, 5.74) is 6.14. The van der Waals surface area contributed by atoms with Gasteiger partial charge in [-0.3, -0.25) is 0 Å². The Labute approximate surface area is 390 Å². The van der Waals surface area contributed by atoms with E-state index in [9.17, 15) is 28.8 Å². The smallest absolute Gasteiger partial charge is 0.461 e. The first-order valence-corrected chi connectivity index (χ1v) is 24.5. The Morgan fingerprint density at radius 2 is 1.00 bits per heavy atom. The van der Waals surface area contributed by atoms with Gasteiger partial charge in [0.25, 0.3) is 0 Å². The highest BCUT2D eigenvalue weighted by Crippen LogP contribution is 2.17. The molecule has 0 aliphatic heterocycles. The van der Waals surface area contributed by atoms with Crippen LogP contribution < -0.4 is 27.0 Å². The van der Waals surface area contributed by atoms with E-state index in [0.717, 1.165) is 0 Å². The van der Waals surface area contributed by atoms with E-state index in [-0.39, 0.29) is 50.9 Å². The van der Waals surface area contributed by atoms with Crippen molar-refractivity contribution in [2.75, 3.05) is 98.7 Å². The van der Waals surface area contributed by atoms with Crippen LogP contribution in [0.1, 0.15) is 68.7 Å². The topological polar surface area (TPSA) is 272 Å². The third-order valence-corrected chi connectivity index (χ3v) is 11.2. The van der Waals surface area contributed by atoms with Gasteiger partial charge in [-0.05, 0) is 68.7 Å². The van der Waals surface area contributed by atoms with Crippen LogP contribution in [-0.4, -0.2) is 153 Å². The number of aliphatic imine (C=N–C) groups is 1. The molecule has 0 radical (unpaired) electrons. The maximum absolute atomic E-state index is 11.7. The molecule has 0 saturated carbocycles. The molecule has 0 heterocycles. The number of nitrogens with one attached hydrogen (secondary N) is 4. The van der Waals surface area contributed by atoms with E-state index in [1.165, 1.54) is 12.2 Å². The molecule has 0 fully saturated rings. The van der Waals surface area contributed by atoms with Crippen LogP contribution in [0.4, 0.5) is 9.59 Å². The molecule has 23 heteroatoms. The van der Waals surface area contributed by atoms with E-state index in [1.54, 1.807) is 26.8 Å². The second-order valence-corrected chi connectivity index (χ2v) is 16.4. The predicted octanol–water partition coefficient (Wildman–Crippen LogP) is 3.82. The molecule has 0 aliphatic rings. The van der Waals surface area contributed by atoms with Gasteiger partial charge in [0, 0.05) is 82.0 Å².